The average molecular weight is 481 g/mol. The highest BCUT2D eigenvalue weighted by atomic mass is 35.5. The van der Waals surface area contributed by atoms with Crippen LogP contribution in [0.1, 0.15) is 0 Å². The molecule has 10 radical (unpaired) electrons. The van der Waals surface area contributed by atoms with Crippen LogP contribution in [0, 0.1) is 0 Å². The van der Waals surface area contributed by atoms with Gasteiger partial charge in [-0.1, -0.05) is 89.3 Å². The molecule has 0 aliphatic heterocycles. The topological polar surface area (TPSA) is 3.24 Å². The van der Waals surface area contributed by atoms with Gasteiger partial charge in [-0.2, -0.15) is 0 Å². The zero-order valence-electron chi connectivity index (χ0n) is 20.0. The van der Waals surface area contributed by atoms with Crippen molar-refractivity contribution in [1.82, 2.24) is 0 Å². The first kappa shape index (κ1) is 25.2. The molecule has 5 aromatic carbocycles. The lowest BCUT2D eigenvalue weighted by Crippen LogP contribution is -2.56. The quantitative estimate of drug-likeness (QED) is 0.349. The van der Waals surface area contributed by atoms with E-state index in [1.165, 1.54) is 0 Å². The van der Waals surface area contributed by atoms with Gasteiger partial charge < -0.3 is 4.90 Å². The lowest BCUT2D eigenvalue weighted by atomic mass is 9.61. The number of halogens is 1. The SMILES string of the molecule is [B]c1c([B])c([B])c(N(c2ccc(-c3ccccc3)cc2)c2ccc(-c3ccc(Cl)cc3)cc2)c([B])c1[B]. The standard InChI is InChI=1S/C30H17B5ClN/c31-25-26(32)28(34)30(29(35)27(25)33)37(23-14-8-20(9-15-23)18-4-2-1-3-5-18)24-16-10-21(11-17-24)19-6-12-22(36)13-7-19/h1-17H. The summed E-state index contributed by atoms with van der Waals surface area (Å²) >= 11 is 6.06. The fourth-order valence-electron chi connectivity index (χ4n) is 4.36. The Hall–Kier alpha value is -3.49. The van der Waals surface area contributed by atoms with Crippen molar-refractivity contribution in [3.63, 3.8) is 0 Å². The molecule has 5 aromatic rings. The lowest BCUT2D eigenvalue weighted by molar-refractivity contribution is 1.31. The molecule has 7 heteroatoms. The Morgan fingerprint density at radius 3 is 1.19 bits per heavy atom. The molecule has 5 rings (SSSR count). The van der Waals surface area contributed by atoms with E-state index in [-0.39, 0.29) is 27.3 Å². The van der Waals surface area contributed by atoms with Crippen molar-refractivity contribution in [3.8, 4) is 22.3 Å². The van der Waals surface area contributed by atoms with Crippen molar-refractivity contribution in [2.24, 2.45) is 0 Å². The first-order valence-corrected chi connectivity index (χ1v) is 12.1. The molecule has 0 aromatic heterocycles. The van der Waals surface area contributed by atoms with Gasteiger partial charge in [-0.3, -0.25) is 0 Å². The third-order valence-corrected chi connectivity index (χ3v) is 6.68. The molecule has 0 aliphatic carbocycles. The lowest BCUT2D eigenvalue weighted by Gasteiger charge is -2.32. The number of nitrogens with zero attached hydrogens (tertiary/aromatic N) is 1. The smallest absolute Gasteiger partial charge is 0.115 e. The summed E-state index contributed by atoms with van der Waals surface area (Å²) in [4.78, 5) is 1.94. The van der Waals surface area contributed by atoms with Gasteiger partial charge in [0.05, 0.1) is 0 Å². The van der Waals surface area contributed by atoms with Crippen LogP contribution in [0.25, 0.3) is 22.3 Å². The Kier molecular flexibility index (Phi) is 7.13. The normalized spacial score (nSPS) is 10.8. The van der Waals surface area contributed by atoms with E-state index in [4.69, 9.17) is 50.8 Å². The van der Waals surface area contributed by atoms with Crippen molar-refractivity contribution in [1.29, 1.82) is 0 Å². The summed E-state index contributed by atoms with van der Waals surface area (Å²) in [5, 5.41) is 0.690. The van der Waals surface area contributed by atoms with Gasteiger partial charge in [0.25, 0.3) is 0 Å². The number of hydrogen-bond acceptors (Lipinski definition) is 1. The second-order valence-corrected chi connectivity index (χ2v) is 9.16. The van der Waals surface area contributed by atoms with Crippen molar-refractivity contribution >= 4 is 95.2 Å². The van der Waals surface area contributed by atoms with E-state index in [0.717, 1.165) is 33.6 Å². The summed E-state index contributed by atoms with van der Waals surface area (Å²) in [6.07, 6.45) is 0. The fraction of sp³-hybridized carbons (Fsp3) is 0. The van der Waals surface area contributed by atoms with Gasteiger partial charge in [-0.15, -0.1) is 16.4 Å². The zero-order valence-corrected chi connectivity index (χ0v) is 20.8. The van der Waals surface area contributed by atoms with E-state index < -0.39 is 0 Å². The molecular formula is C30H17B5ClN. The maximum atomic E-state index is 6.49. The van der Waals surface area contributed by atoms with Gasteiger partial charge in [0.2, 0.25) is 0 Å². The highest BCUT2D eigenvalue weighted by Gasteiger charge is 2.20. The number of hydrogen-bond donors (Lipinski definition) is 0. The van der Waals surface area contributed by atoms with Crippen LogP contribution < -0.4 is 32.2 Å². The summed E-state index contributed by atoms with van der Waals surface area (Å²) in [7, 11) is 31.5. The van der Waals surface area contributed by atoms with Gasteiger partial charge in [-0.25, -0.2) is 0 Å². The Balaban J connectivity index is 1.64. The predicted molar refractivity (Wildman–Crippen MR) is 164 cm³/mol. The summed E-state index contributed by atoms with van der Waals surface area (Å²) in [5.41, 5.74) is 7.53. The summed E-state index contributed by atoms with van der Waals surface area (Å²) in [6, 6.07) is 34.0. The Bertz CT molecular complexity index is 1520. The Labute approximate surface area is 229 Å². The van der Waals surface area contributed by atoms with E-state index in [1.807, 2.05) is 83.8 Å². The second kappa shape index (κ2) is 10.5. The van der Waals surface area contributed by atoms with Crippen LogP contribution in [0.4, 0.5) is 17.1 Å². The molecule has 1 nitrogen and oxygen atoms in total. The predicted octanol–water partition coefficient (Wildman–Crippen LogP) is 3.11. The van der Waals surface area contributed by atoms with E-state index in [1.54, 1.807) is 0 Å². The van der Waals surface area contributed by atoms with Gasteiger partial charge in [0.15, 0.2) is 0 Å². The minimum atomic E-state index is 0.177. The summed E-state index contributed by atoms with van der Waals surface area (Å²) in [6.45, 7) is 0. The fourth-order valence-corrected chi connectivity index (χ4v) is 4.49. The Morgan fingerprint density at radius 1 is 0.405 bits per heavy atom. The van der Waals surface area contributed by atoms with Crippen LogP contribution in [-0.2, 0) is 0 Å². The molecule has 0 fully saturated rings. The highest BCUT2D eigenvalue weighted by Crippen LogP contribution is 2.35. The van der Waals surface area contributed by atoms with Gasteiger partial charge in [-0.05, 0) is 58.7 Å². The third kappa shape index (κ3) is 4.91. The molecule has 0 amide bonds. The number of rotatable bonds is 5. The first-order valence-electron chi connectivity index (χ1n) is 11.7. The zero-order chi connectivity index (χ0) is 26.1. The average Bonchev–Trinajstić information content (AvgIpc) is 2.94. The van der Waals surface area contributed by atoms with Crippen LogP contribution in [0.2, 0.25) is 5.02 Å². The van der Waals surface area contributed by atoms with Gasteiger partial charge in [0, 0.05) is 22.1 Å². The van der Waals surface area contributed by atoms with E-state index in [2.05, 4.69) is 24.3 Å². The van der Waals surface area contributed by atoms with Crippen LogP contribution in [0.3, 0.4) is 0 Å². The minimum absolute atomic E-state index is 0.177. The molecular weight excluding hydrogens is 464 g/mol. The maximum Gasteiger partial charge on any atom is 0.115 e. The van der Waals surface area contributed by atoms with Gasteiger partial charge in [0.1, 0.15) is 39.2 Å². The summed E-state index contributed by atoms with van der Waals surface area (Å²) in [5.74, 6) is 0. The molecule has 0 heterocycles. The van der Waals surface area contributed by atoms with Gasteiger partial charge >= 0.3 is 0 Å². The molecule has 0 bridgehead atoms. The summed E-state index contributed by atoms with van der Waals surface area (Å²) < 4.78 is 0. The van der Waals surface area contributed by atoms with Crippen molar-refractivity contribution in [2.75, 3.05) is 4.90 Å². The molecule has 0 unspecified atom stereocenters. The van der Waals surface area contributed by atoms with Crippen LogP contribution in [-0.4, -0.2) is 39.2 Å². The Morgan fingerprint density at radius 2 is 0.757 bits per heavy atom. The second-order valence-electron chi connectivity index (χ2n) is 8.72. The van der Waals surface area contributed by atoms with E-state index >= 15 is 0 Å². The monoisotopic (exact) mass is 481 g/mol. The minimum Gasteiger partial charge on any atom is -0.312 e. The molecule has 0 atom stereocenters. The van der Waals surface area contributed by atoms with Crippen LogP contribution in [0.5, 0.6) is 0 Å². The first-order chi connectivity index (χ1) is 17.8. The van der Waals surface area contributed by atoms with E-state index in [0.29, 0.717) is 10.7 Å². The number of benzene rings is 5. The van der Waals surface area contributed by atoms with Crippen molar-refractivity contribution in [2.45, 2.75) is 0 Å². The molecule has 37 heavy (non-hydrogen) atoms. The molecule has 0 N–H and O–H groups in total. The largest absolute Gasteiger partial charge is 0.312 e. The highest BCUT2D eigenvalue weighted by molar-refractivity contribution is 6.69. The maximum absolute atomic E-state index is 6.49. The molecule has 0 aliphatic rings. The number of anilines is 3. The molecule has 164 valence electrons. The van der Waals surface area contributed by atoms with Crippen molar-refractivity contribution < 1.29 is 0 Å². The van der Waals surface area contributed by atoms with Crippen LogP contribution in [0.15, 0.2) is 103 Å². The van der Waals surface area contributed by atoms with Crippen molar-refractivity contribution in [3.05, 3.63) is 108 Å². The van der Waals surface area contributed by atoms with Crippen LogP contribution >= 0.6 is 11.6 Å². The molecule has 0 spiro atoms. The van der Waals surface area contributed by atoms with E-state index in [9.17, 15) is 0 Å². The third-order valence-electron chi connectivity index (χ3n) is 6.43. The molecule has 0 saturated heterocycles. The molecule has 0 saturated carbocycles.